The molecule has 0 saturated heterocycles. The zero-order valence-corrected chi connectivity index (χ0v) is 15.3. The summed E-state index contributed by atoms with van der Waals surface area (Å²) in [7, 11) is 4.36. The number of aromatic nitrogens is 2. The van der Waals surface area contributed by atoms with Gasteiger partial charge in [0.25, 0.3) is 0 Å². The number of anilines is 1. The molecule has 2 heterocycles. The molecule has 2 aliphatic rings. The average molecular weight is 351 g/mol. The molecule has 23 heavy (non-hydrogen) atoms. The van der Waals surface area contributed by atoms with Gasteiger partial charge in [-0.15, -0.1) is 11.3 Å². The number of aryl methyl sites for hydroxylation is 2. The fourth-order valence-electron chi connectivity index (χ4n) is 4.00. The van der Waals surface area contributed by atoms with Crippen molar-refractivity contribution in [3.05, 3.63) is 15.7 Å². The maximum atomic E-state index is 6.17. The maximum absolute atomic E-state index is 6.17. The van der Waals surface area contributed by atoms with Crippen LogP contribution in [0.2, 0.25) is 5.28 Å². The summed E-state index contributed by atoms with van der Waals surface area (Å²) in [4.78, 5) is 13.9. The Kier molecular flexibility index (Phi) is 4.20. The van der Waals surface area contributed by atoms with Gasteiger partial charge in [-0.1, -0.05) is 0 Å². The van der Waals surface area contributed by atoms with Gasteiger partial charge in [0.2, 0.25) is 5.28 Å². The first kappa shape index (κ1) is 15.6. The van der Waals surface area contributed by atoms with E-state index in [4.69, 9.17) is 11.6 Å². The number of fused-ring (bicyclic) bond motifs is 3. The number of hydrogen-bond acceptors (Lipinski definition) is 5. The van der Waals surface area contributed by atoms with Crippen molar-refractivity contribution in [3.63, 3.8) is 0 Å². The van der Waals surface area contributed by atoms with Gasteiger partial charge in [0.1, 0.15) is 10.6 Å². The second kappa shape index (κ2) is 6.19. The van der Waals surface area contributed by atoms with E-state index in [1.54, 1.807) is 11.3 Å². The number of nitrogens with zero attached hydrogens (tertiary/aromatic N) is 3. The molecular formula is C17H23ClN4S. The van der Waals surface area contributed by atoms with E-state index in [2.05, 4.69) is 34.3 Å². The fraction of sp³-hybridized carbons (Fsp3) is 0.647. The predicted molar refractivity (Wildman–Crippen MR) is 97.8 cm³/mol. The molecule has 6 heteroatoms. The van der Waals surface area contributed by atoms with Crippen molar-refractivity contribution in [3.8, 4) is 0 Å². The molecule has 0 spiro atoms. The van der Waals surface area contributed by atoms with E-state index >= 15 is 0 Å². The van der Waals surface area contributed by atoms with Crippen LogP contribution in [-0.4, -0.2) is 41.0 Å². The third-order valence-electron chi connectivity index (χ3n) is 5.31. The molecular weight excluding hydrogens is 328 g/mol. The minimum absolute atomic E-state index is 0.363. The number of nitrogens with one attached hydrogen (secondary N) is 1. The average Bonchev–Trinajstić information content (AvgIpc) is 3.07. The van der Waals surface area contributed by atoms with Gasteiger partial charge < -0.3 is 10.2 Å². The van der Waals surface area contributed by atoms with Crippen LogP contribution in [0.5, 0.6) is 0 Å². The van der Waals surface area contributed by atoms with Gasteiger partial charge in [-0.2, -0.15) is 0 Å². The summed E-state index contributed by atoms with van der Waals surface area (Å²) < 4.78 is 0. The van der Waals surface area contributed by atoms with Crippen molar-refractivity contribution in [2.75, 3.05) is 19.4 Å². The van der Waals surface area contributed by atoms with Crippen molar-refractivity contribution >= 4 is 39.0 Å². The fourth-order valence-corrected chi connectivity index (χ4v) is 5.48. The van der Waals surface area contributed by atoms with Gasteiger partial charge in [-0.05, 0) is 76.2 Å². The molecule has 1 saturated carbocycles. The van der Waals surface area contributed by atoms with Crippen LogP contribution in [0.25, 0.3) is 10.2 Å². The monoisotopic (exact) mass is 350 g/mol. The lowest BCUT2D eigenvalue weighted by atomic mass is 9.90. The normalized spacial score (nSPS) is 24.3. The Morgan fingerprint density at radius 1 is 1.13 bits per heavy atom. The molecule has 2 aromatic heterocycles. The Morgan fingerprint density at radius 3 is 2.65 bits per heavy atom. The predicted octanol–water partition coefficient (Wildman–Crippen LogP) is 4.12. The molecule has 1 fully saturated rings. The summed E-state index contributed by atoms with van der Waals surface area (Å²) in [5.41, 5.74) is 1.46. The maximum Gasteiger partial charge on any atom is 0.225 e. The van der Waals surface area contributed by atoms with Crippen LogP contribution in [0.1, 0.15) is 42.5 Å². The molecule has 0 unspecified atom stereocenters. The molecule has 0 aliphatic heterocycles. The summed E-state index contributed by atoms with van der Waals surface area (Å²) in [6.45, 7) is 0. The highest BCUT2D eigenvalue weighted by Crippen LogP contribution is 2.40. The first-order valence-electron chi connectivity index (χ1n) is 8.52. The van der Waals surface area contributed by atoms with E-state index < -0.39 is 0 Å². The van der Waals surface area contributed by atoms with Crippen LogP contribution in [0.3, 0.4) is 0 Å². The van der Waals surface area contributed by atoms with Crippen LogP contribution in [0, 0.1) is 0 Å². The lowest BCUT2D eigenvalue weighted by Gasteiger charge is -2.33. The van der Waals surface area contributed by atoms with Crippen LogP contribution in [-0.2, 0) is 12.8 Å². The van der Waals surface area contributed by atoms with Gasteiger partial charge in [0, 0.05) is 17.0 Å². The zero-order valence-electron chi connectivity index (χ0n) is 13.7. The van der Waals surface area contributed by atoms with E-state index in [1.165, 1.54) is 54.4 Å². The van der Waals surface area contributed by atoms with Crippen molar-refractivity contribution < 1.29 is 0 Å². The summed E-state index contributed by atoms with van der Waals surface area (Å²) in [6, 6.07) is 1.21. The van der Waals surface area contributed by atoms with Crippen LogP contribution in [0.4, 0.5) is 5.82 Å². The second-order valence-electron chi connectivity index (χ2n) is 6.99. The minimum atomic E-state index is 0.363. The van der Waals surface area contributed by atoms with E-state index in [1.807, 2.05) is 0 Å². The lowest BCUT2D eigenvalue weighted by Crippen LogP contribution is -2.36. The van der Waals surface area contributed by atoms with Gasteiger partial charge in [-0.25, -0.2) is 9.97 Å². The molecule has 4 nitrogen and oxygen atoms in total. The highest BCUT2D eigenvalue weighted by Gasteiger charge is 2.26. The SMILES string of the molecule is CN(C)[C@H]1CC[C@H](Nc2nc(Cl)nc3sc4c(c23)CCC4)CC1. The van der Waals surface area contributed by atoms with Gasteiger partial charge >= 0.3 is 0 Å². The van der Waals surface area contributed by atoms with Crippen LogP contribution < -0.4 is 5.32 Å². The standard InChI is InChI=1S/C17H23ClN4S/c1-22(2)11-8-6-10(7-9-11)19-15-14-12-4-3-5-13(12)23-16(14)21-17(18)20-15/h10-11H,3-9H2,1-2H3,(H,19,20,21)/t10-,11-. The number of rotatable bonds is 3. The molecule has 0 bridgehead atoms. The Morgan fingerprint density at radius 2 is 1.91 bits per heavy atom. The Labute approximate surface area is 146 Å². The number of hydrogen-bond donors (Lipinski definition) is 1. The first-order chi connectivity index (χ1) is 11.1. The molecule has 0 radical (unpaired) electrons. The highest BCUT2D eigenvalue weighted by atomic mass is 35.5. The van der Waals surface area contributed by atoms with Crippen molar-refractivity contribution in [2.45, 2.75) is 57.0 Å². The second-order valence-corrected chi connectivity index (χ2v) is 8.41. The largest absolute Gasteiger partial charge is 0.367 e. The summed E-state index contributed by atoms with van der Waals surface area (Å²) in [6.07, 6.45) is 8.47. The van der Waals surface area contributed by atoms with Crippen molar-refractivity contribution in [1.29, 1.82) is 0 Å². The lowest BCUT2D eigenvalue weighted by molar-refractivity contribution is 0.221. The van der Waals surface area contributed by atoms with Crippen molar-refractivity contribution in [2.24, 2.45) is 0 Å². The molecule has 1 N–H and O–H groups in total. The molecule has 0 atom stereocenters. The van der Waals surface area contributed by atoms with E-state index in [-0.39, 0.29) is 0 Å². The zero-order chi connectivity index (χ0) is 16.0. The third-order valence-corrected chi connectivity index (χ3v) is 6.66. The summed E-state index contributed by atoms with van der Waals surface area (Å²) in [5, 5.41) is 5.29. The Hall–Kier alpha value is -0.910. The summed E-state index contributed by atoms with van der Waals surface area (Å²) in [5.74, 6) is 0.965. The molecule has 2 aliphatic carbocycles. The molecule has 0 aromatic carbocycles. The molecule has 124 valence electrons. The van der Waals surface area contributed by atoms with Gasteiger partial charge in [0.05, 0.1) is 5.39 Å². The Balaban J connectivity index is 1.59. The molecule has 4 rings (SSSR count). The number of halogens is 1. The van der Waals surface area contributed by atoms with E-state index in [0.717, 1.165) is 17.1 Å². The summed E-state index contributed by atoms with van der Waals surface area (Å²) >= 11 is 7.97. The quantitative estimate of drug-likeness (QED) is 0.845. The highest BCUT2D eigenvalue weighted by molar-refractivity contribution is 7.19. The first-order valence-corrected chi connectivity index (χ1v) is 9.72. The van der Waals surface area contributed by atoms with Crippen molar-refractivity contribution in [1.82, 2.24) is 14.9 Å². The smallest absolute Gasteiger partial charge is 0.225 e. The minimum Gasteiger partial charge on any atom is -0.367 e. The number of thiophene rings is 1. The Bertz CT molecular complexity index is 719. The molecule has 0 amide bonds. The van der Waals surface area contributed by atoms with Gasteiger partial charge in [-0.3, -0.25) is 0 Å². The van der Waals surface area contributed by atoms with Crippen LogP contribution in [0.15, 0.2) is 0 Å². The van der Waals surface area contributed by atoms with Gasteiger partial charge in [0.15, 0.2) is 0 Å². The third kappa shape index (κ3) is 2.94. The topological polar surface area (TPSA) is 41.0 Å². The molecule has 2 aromatic rings. The van der Waals surface area contributed by atoms with Crippen LogP contribution >= 0.6 is 22.9 Å². The van der Waals surface area contributed by atoms with E-state index in [9.17, 15) is 0 Å². The van der Waals surface area contributed by atoms with E-state index in [0.29, 0.717) is 17.4 Å².